The van der Waals surface area contributed by atoms with E-state index in [0.29, 0.717) is 0 Å². The van der Waals surface area contributed by atoms with Crippen LogP contribution in [-0.2, 0) is 11.3 Å². The molecule has 1 saturated heterocycles. The predicted molar refractivity (Wildman–Crippen MR) is 97.5 cm³/mol. The number of carbonyl (C=O) groups excluding carboxylic acids is 1. The number of hydrogen-bond acceptors (Lipinski definition) is 3. The van der Waals surface area contributed by atoms with Crippen molar-refractivity contribution < 1.29 is 4.79 Å². The van der Waals surface area contributed by atoms with Crippen LogP contribution < -0.4 is 0 Å². The SMILES string of the molecule is Cc1ccsc1/C=C1/CN(Cc2ccccc2)CC(C)(C)C1=O. The van der Waals surface area contributed by atoms with E-state index in [1.807, 2.05) is 6.07 Å². The van der Waals surface area contributed by atoms with Gasteiger partial charge >= 0.3 is 0 Å². The van der Waals surface area contributed by atoms with Crippen molar-refractivity contribution in [3.8, 4) is 0 Å². The topological polar surface area (TPSA) is 20.3 Å². The Bertz CT molecular complexity index is 727. The maximum absolute atomic E-state index is 12.8. The van der Waals surface area contributed by atoms with Gasteiger partial charge in [-0.3, -0.25) is 9.69 Å². The molecule has 0 bridgehead atoms. The molecule has 1 aliphatic heterocycles. The van der Waals surface area contributed by atoms with Gasteiger partial charge in [0.05, 0.1) is 0 Å². The second-order valence-corrected chi connectivity index (χ2v) is 7.93. The molecule has 1 fully saturated rings. The van der Waals surface area contributed by atoms with Gasteiger partial charge in [0.1, 0.15) is 0 Å². The molecular weight excluding hydrogens is 302 g/mol. The minimum absolute atomic E-state index is 0.287. The average molecular weight is 325 g/mol. The second-order valence-electron chi connectivity index (χ2n) is 6.98. The lowest BCUT2D eigenvalue weighted by molar-refractivity contribution is -0.126. The van der Waals surface area contributed by atoms with Crippen LogP contribution in [0.4, 0.5) is 0 Å². The van der Waals surface area contributed by atoms with Crippen LogP contribution in [0.25, 0.3) is 6.08 Å². The molecule has 0 aliphatic carbocycles. The van der Waals surface area contributed by atoms with Gasteiger partial charge in [0, 0.05) is 35.5 Å². The predicted octanol–water partition coefficient (Wildman–Crippen LogP) is 4.55. The Morgan fingerprint density at radius 3 is 2.61 bits per heavy atom. The molecule has 0 N–H and O–H groups in total. The number of Topliss-reactive ketones (excluding diaryl/α,β-unsaturated/α-hetero) is 1. The van der Waals surface area contributed by atoms with Crippen LogP contribution in [0.5, 0.6) is 0 Å². The van der Waals surface area contributed by atoms with Crippen molar-refractivity contribution in [1.29, 1.82) is 0 Å². The number of piperidine rings is 1. The van der Waals surface area contributed by atoms with Crippen molar-refractivity contribution in [3.63, 3.8) is 0 Å². The first-order chi connectivity index (χ1) is 11.0. The van der Waals surface area contributed by atoms with E-state index < -0.39 is 0 Å². The largest absolute Gasteiger partial charge is 0.294 e. The molecule has 3 heteroatoms. The molecule has 0 amide bonds. The fraction of sp³-hybridized carbons (Fsp3) is 0.350. The van der Waals surface area contributed by atoms with E-state index in [1.165, 1.54) is 16.0 Å². The van der Waals surface area contributed by atoms with E-state index in [4.69, 9.17) is 0 Å². The number of likely N-dealkylation sites (tertiary alicyclic amines) is 1. The number of hydrogen-bond donors (Lipinski definition) is 0. The molecular formula is C20H23NOS. The third-order valence-electron chi connectivity index (χ3n) is 4.38. The van der Waals surface area contributed by atoms with Crippen molar-refractivity contribution >= 4 is 23.2 Å². The number of rotatable bonds is 3. The number of benzene rings is 1. The monoisotopic (exact) mass is 325 g/mol. The third-order valence-corrected chi connectivity index (χ3v) is 5.34. The summed E-state index contributed by atoms with van der Waals surface area (Å²) in [6.45, 7) is 8.64. The summed E-state index contributed by atoms with van der Waals surface area (Å²) in [6.07, 6.45) is 2.10. The van der Waals surface area contributed by atoms with E-state index in [2.05, 4.69) is 67.5 Å². The zero-order valence-electron chi connectivity index (χ0n) is 14.0. The van der Waals surface area contributed by atoms with Gasteiger partial charge in [-0.25, -0.2) is 0 Å². The van der Waals surface area contributed by atoms with Crippen molar-refractivity contribution in [3.05, 3.63) is 63.4 Å². The van der Waals surface area contributed by atoms with Gasteiger partial charge in [0.25, 0.3) is 0 Å². The molecule has 1 aromatic carbocycles. The van der Waals surface area contributed by atoms with Gasteiger partial charge in [-0.2, -0.15) is 0 Å². The highest BCUT2D eigenvalue weighted by molar-refractivity contribution is 7.11. The molecule has 0 spiro atoms. The molecule has 2 heterocycles. The van der Waals surface area contributed by atoms with Crippen LogP contribution in [0, 0.1) is 12.3 Å². The summed E-state index contributed by atoms with van der Waals surface area (Å²) in [5.74, 6) is 0.287. The van der Waals surface area contributed by atoms with Crippen LogP contribution in [0.2, 0.25) is 0 Å². The fourth-order valence-corrected chi connectivity index (χ4v) is 4.07. The fourth-order valence-electron chi connectivity index (χ4n) is 3.19. The Balaban J connectivity index is 1.86. The summed E-state index contributed by atoms with van der Waals surface area (Å²) in [7, 11) is 0. The maximum atomic E-state index is 12.8. The van der Waals surface area contributed by atoms with Crippen LogP contribution in [0.3, 0.4) is 0 Å². The quantitative estimate of drug-likeness (QED) is 0.772. The van der Waals surface area contributed by atoms with E-state index in [1.54, 1.807) is 11.3 Å². The molecule has 23 heavy (non-hydrogen) atoms. The van der Waals surface area contributed by atoms with Crippen molar-refractivity contribution in [2.75, 3.05) is 13.1 Å². The lowest BCUT2D eigenvalue weighted by Crippen LogP contribution is -2.47. The highest BCUT2D eigenvalue weighted by Crippen LogP contribution is 2.31. The van der Waals surface area contributed by atoms with E-state index in [0.717, 1.165) is 25.2 Å². The summed E-state index contributed by atoms with van der Waals surface area (Å²) >= 11 is 1.70. The first-order valence-corrected chi connectivity index (χ1v) is 8.89. The minimum Gasteiger partial charge on any atom is -0.294 e. The van der Waals surface area contributed by atoms with Gasteiger partial charge in [-0.1, -0.05) is 44.2 Å². The molecule has 2 aromatic rings. The summed E-state index contributed by atoms with van der Waals surface area (Å²) in [5, 5.41) is 2.09. The molecule has 0 saturated carbocycles. The standard InChI is InChI=1S/C20H23NOS/c1-15-9-10-23-18(15)11-17-13-21(14-20(2,3)19(17)22)12-16-7-5-4-6-8-16/h4-11H,12-14H2,1-3H3/b17-11-. The molecule has 0 unspecified atom stereocenters. The Morgan fingerprint density at radius 2 is 1.96 bits per heavy atom. The lowest BCUT2D eigenvalue weighted by atomic mass is 9.79. The third kappa shape index (κ3) is 3.62. The molecule has 1 aliphatic rings. The van der Waals surface area contributed by atoms with Crippen molar-refractivity contribution in [1.82, 2.24) is 4.90 Å². The normalized spacial score (nSPS) is 20.1. The first-order valence-electron chi connectivity index (χ1n) is 8.01. The van der Waals surface area contributed by atoms with Gasteiger partial charge in [-0.05, 0) is 35.6 Å². The lowest BCUT2D eigenvalue weighted by Gasteiger charge is -2.38. The van der Waals surface area contributed by atoms with Crippen molar-refractivity contribution in [2.24, 2.45) is 5.41 Å². The van der Waals surface area contributed by atoms with E-state index >= 15 is 0 Å². The minimum atomic E-state index is -0.329. The van der Waals surface area contributed by atoms with Crippen LogP contribution in [0.1, 0.15) is 29.9 Å². The Morgan fingerprint density at radius 1 is 1.22 bits per heavy atom. The summed E-state index contributed by atoms with van der Waals surface area (Å²) in [6, 6.07) is 12.6. The summed E-state index contributed by atoms with van der Waals surface area (Å²) in [5.41, 5.74) is 3.14. The Kier molecular flexibility index (Phi) is 4.51. The van der Waals surface area contributed by atoms with E-state index in [9.17, 15) is 4.79 Å². The zero-order chi connectivity index (χ0) is 16.4. The van der Waals surface area contributed by atoms with Crippen LogP contribution in [-0.4, -0.2) is 23.8 Å². The molecule has 1 aromatic heterocycles. The van der Waals surface area contributed by atoms with Gasteiger partial charge in [0.2, 0.25) is 0 Å². The van der Waals surface area contributed by atoms with Gasteiger partial charge in [-0.15, -0.1) is 11.3 Å². The smallest absolute Gasteiger partial charge is 0.167 e. The summed E-state index contributed by atoms with van der Waals surface area (Å²) in [4.78, 5) is 16.4. The molecule has 3 rings (SSSR count). The van der Waals surface area contributed by atoms with Gasteiger partial charge < -0.3 is 0 Å². The number of aryl methyl sites for hydroxylation is 1. The molecule has 120 valence electrons. The molecule has 0 atom stereocenters. The molecule has 2 nitrogen and oxygen atoms in total. The van der Waals surface area contributed by atoms with Crippen molar-refractivity contribution in [2.45, 2.75) is 27.3 Å². The second kappa shape index (κ2) is 6.42. The van der Waals surface area contributed by atoms with Crippen LogP contribution >= 0.6 is 11.3 Å². The van der Waals surface area contributed by atoms with Gasteiger partial charge in [0.15, 0.2) is 5.78 Å². The Hall–Kier alpha value is -1.71. The number of nitrogens with zero attached hydrogens (tertiary/aromatic N) is 1. The van der Waals surface area contributed by atoms with Crippen LogP contribution in [0.15, 0.2) is 47.4 Å². The number of thiophene rings is 1. The highest BCUT2D eigenvalue weighted by atomic mass is 32.1. The summed E-state index contributed by atoms with van der Waals surface area (Å²) < 4.78 is 0. The number of carbonyl (C=O) groups is 1. The first kappa shape index (κ1) is 16.2. The van der Waals surface area contributed by atoms with E-state index in [-0.39, 0.29) is 11.2 Å². The zero-order valence-corrected chi connectivity index (χ0v) is 14.8. The maximum Gasteiger partial charge on any atom is 0.167 e. The Labute approximate surface area is 142 Å². The highest BCUT2D eigenvalue weighted by Gasteiger charge is 2.37. The number of ketones is 1. The average Bonchev–Trinajstić information content (AvgIpc) is 2.90. The molecule has 0 radical (unpaired) electrons.